The first-order valence-corrected chi connectivity index (χ1v) is 6.36. The van der Waals surface area contributed by atoms with Crippen LogP contribution in [0.25, 0.3) is 0 Å². The highest BCUT2D eigenvalue weighted by Crippen LogP contribution is 2.35. The lowest BCUT2D eigenvalue weighted by Crippen LogP contribution is -2.56. The van der Waals surface area contributed by atoms with E-state index < -0.39 is 5.97 Å². The van der Waals surface area contributed by atoms with Crippen molar-refractivity contribution in [3.63, 3.8) is 0 Å². The SMILES string of the molecule is COC(=O)c1ccc(C2CCCCC2)c([NH+]=O)c1. The van der Waals surface area contributed by atoms with Crippen molar-refractivity contribution in [2.45, 2.75) is 38.0 Å². The summed E-state index contributed by atoms with van der Waals surface area (Å²) in [6, 6.07) is 5.20. The number of hydrogen-bond donors (Lipinski definition) is 1. The largest absolute Gasteiger partial charge is 0.465 e. The summed E-state index contributed by atoms with van der Waals surface area (Å²) in [6.45, 7) is 0. The highest BCUT2D eigenvalue weighted by atomic mass is 16.5. The van der Waals surface area contributed by atoms with Gasteiger partial charge in [0.05, 0.1) is 12.7 Å². The number of ether oxygens (including phenoxy) is 1. The lowest BCUT2D eigenvalue weighted by Gasteiger charge is -2.21. The Labute approximate surface area is 106 Å². The lowest BCUT2D eigenvalue weighted by atomic mass is 9.83. The molecule has 1 aromatic carbocycles. The molecule has 0 atom stereocenters. The van der Waals surface area contributed by atoms with Gasteiger partial charge >= 0.3 is 5.97 Å². The monoisotopic (exact) mass is 248 g/mol. The van der Waals surface area contributed by atoms with Gasteiger partial charge in [-0.3, -0.25) is 0 Å². The molecule has 1 aliphatic rings. The van der Waals surface area contributed by atoms with Crippen molar-refractivity contribution < 1.29 is 14.7 Å². The molecule has 96 valence electrons. The summed E-state index contributed by atoms with van der Waals surface area (Å²) in [6.07, 6.45) is 5.93. The van der Waals surface area contributed by atoms with E-state index in [1.807, 2.05) is 11.2 Å². The number of nitroso groups, excluding NO2 is 1. The zero-order valence-electron chi connectivity index (χ0n) is 10.6. The number of carbonyl (C=O) groups excluding carboxylic acids is 1. The van der Waals surface area contributed by atoms with Crippen LogP contribution in [0, 0.1) is 4.91 Å². The fraction of sp³-hybridized carbons (Fsp3) is 0.500. The van der Waals surface area contributed by atoms with E-state index in [1.54, 1.807) is 12.1 Å². The smallest absolute Gasteiger partial charge is 0.338 e. The van der Waals surface area contributed by atoms with Crippen molar-refractivity contribution >= 4 is 11.7 Å². The van der Waals surface area contributed by atoms with Crippen LogP contribution in [-0.4, -0.2) is 13.1 Å². The van der Waals surface area contributed by atoms with Crippen LogP contribution in [0.2, 0.25) is 0 Å². The molecular formula is C14H18NO3+. The first kappa shape index (κ1) is 12.7. The minimum absolute atomic E-state index is 0.412. The Kier molecular flexibility index (Phi) is 4.07. The summed E-state index contributed by atoms with van der Waals surface area (Å²) >= 11 is 0. The van der Waals surface area contributed by atoms with E-state index in [9.17, 15) is 9.70 Å². The van der Waals surface area contributed by atoms with Gasteiger partial charge in [-0.2, -0.15) is 0 Å². The van der Waals surface area contributed by atoms with Crippen molar-refractivity contribution in [1.82, 2.24) is 0 Å². The fourth-order valence-corrected chi connectivity index (χ4v) is 2.66. The third kappa shape index (κ3) is 2.58. The van der Waals surface area contributed by atoms with Crippen LogP contribution in [0.5, 0.6) is 0 Å². The molecule has 0 heterocycles. The molecule has 0 amide bonds. The molecule has 0 aromatic heterocycles. The third-order valence-corrected chi connectivity index (χ3v) is 3.63. The summed E-state index contributed by atoms with van der Waals surface area (Å²) in [5, 5.41) is 1.95. The first-order valence-electron chi connectivity index (χ1n) is 6.36. The summed E-state index contributed by atoms with van der Waals surface area (Å²) in [5.41, 5.74) is 1.94. The molecular weight excluding hydrogens is 230 g/mol. The molecule has 0 saturated heterocycles. The standard InChI is InChI=1S/C14H17NO3/c1-18-14(16)11-7-8-12(13(9-11)15-17)10-5-3-2-4-6-10/h7-10H,2-6H2,1H3/p+1. The van der Waals surface area contributed by atoms with E-state index in [1.165, 1.54) is 26.4 Å². The number of esters is 1. The Balaban J connectivity index is 2.30. The molecule has 1 N–H and O–H groups in total. The highest BCUT2D eigenvalue weighted by molar-refractivity contribution is 5.90. The average molecular weight is 248 g/mol. The van der Waals surface area contributed by atoms with Gasteiger partial charge in [-0.1, -0.05) is 25.3 Å². The number of hydrogen-bond acceptors (Lipinski definition) is 3. The van der Waals surface area contributed by atoms with Crippen molar-refractivity contribution in [3.8, 4) is 0 Å². The summed E-state index contributed by atoms with van der Waals surface area (Å²) in [4.78, 5) is 22.5. The van der Waals surface area contributed by atoms with Crippen LogP contribution in [0.15, 0.2) is 18.2 Å². The molecule has 4 heteroatoms. The lowest BCUT2D eigenvalue weighted by molar-refractivity contribution is -0.380. The van der Waals surface area contributed by atoms with Crippen LogP contribution in [0.3, 0.4) is 0 Å². The predicted molar refractivity (Wildman–Crippen MR) is 67.6 cm³/mol. The maximum atomic E-state index is 11.4. The molecule has 0 unspecified atom stereocenters. The zero-order chi connectivity index (χ0) is 13.0. The summed E-state index contributed by atoms with van der Waals surface area (Å²) < 4.78 is 4.65. The van der Waals surface area contributed by atoms with Crippen LogP contribution < -0.4 is 5.18 Å². The van der Waals surface area contributed by atoms with Gasteiger partial charge in [0.1, 0.15) is 0 Å². The molecule has 0 spiro atoms. The fourth-order valence-electron chi connectivity index (χ4n) is 2.66. The predicted octanol–water partition coefficient (Wildman–Crippen LogP) is 2.00. The van der Waals surface area contributed by atoms with Crippen LogP contribution >= 0.6 is 0 Å². The van der Waals surface area contributed by atoms with Gasteiger partial charge in [0.25, 0.3) is 5.69 Å². The van der Waals surface area contributed by atoms with Gasteiger partial charge in [-0.15, -0.1) is 0 Å². The minimum atomic E-state index is -0.415. The van der Waals surface area contributed by atoms with Crippen molar-refractivity contribution in [2.75, 3.05) is 7.11 Å². The maximum absolute atomic E-state index is 11.4. The highest BCUT2D eigenvalue weighted by Gasteiger charge is 2.23. The topological polar surface area (TPSA) is 57.3 Å². The Morgan fingerprint density at radius 1 is 1.28 bits per heavy atom. The second-order valence-corrected chi connectivity index (χ2v) is 4.73. The van der Waals surface area contributed by atoms with E-state index in [0.29, 0.717) is 17.2 Å². The Hall–Kier alpha value is -1.71. The molecule has 2 rings (SSSR count). The Morgan fingerprint density at radius 2 is 2.00 bits per heavy atom. The second-order valence-electron chi connectivity index (χ2n) is 4.73. The van der Waals surface area contributed by atoms with E-state index in [2.05, 4.69) is 4.74 Å². The number of rotatable bonds is 3. The Morgan fingerprint density at radius 3 is 2.61 bits per heavy atom. The quantitative estimate of drug-likeness (QED) is 0.832. The Bertz CT molecular complexity index is 450. The molecule has 1 fully saturated rings. The van der Waals surface area contributed by atoms with Gasteiger partial charge < -0.3 is 4.74 Å². The molecule has 1 aliphatic carbocycles. The van der Waals surface area contributed by atoms with E-state index in [-0.39, 0.29) is 0 Å². The molecule has 0 bridgehead atoms. The second kappa shape index (κ2) is 5.76. The van der Waals surface area contributed by atoms with E-state index >= 15 is 0 Å². The molecule has 18 heavy (non-hydrogen) atoms. The van der Waals surface area contributed by atoms with Crippen molar-refractivity contribution in [3.05, 3.63) is 34.2 Å². The summed E-state index contributed by atoms with van der Waals surface area (Å²) in [5.74, 6) is 0.0172. The van der Waals surface area contributed by atoms with E-state index in [0.717, 1.165) is 18.4 Å². The molecule has 4 nitrogen and oxygen atoms in total. The molecule has 1 aromatic rings. The third-order valence-electron chi connectivity index (χ3n) is 3.63. The van der Waals surface area contributed by atoms with Crippen molar-refractivity contribution in [2.24, 2.45) is 0 Å². The maximum Gasteiger partial charge on any atom is 0.338 e. The number of benzene rings is 1. The normalized spacial score (nSPS) is 16.3. The van der Waals surface area contributed by atoms with Gasteiger partial charge in [0.2, 0.25) is 0 Å². The number of nitrogens with one attached hydrogen (secondary N) is 1. The van der Waals surface area contributed by atoms with Crippen LogP contribution in [0.1, 0.15) is 53.9 Å². The average Bonchev–Trinajstić information content (AvgIpc) is 2.46. The van der Waals surface area contributed by atoms with Crippen LogP contribution in [0.4, 0.5) is 5.69 Å². The van der Waals surface area contributed by atoms with Gasteiger partial charge in [0, 0.05) is 21.7 Å². The molecule has 0 aliphatic heterocycles. The molecule has 1 saturated carbocycles. The first-order chi connectivity index (χ1) is 8.76. The molecule has 0 radical (unpaired) electrons. The number of methoxy groups -OCH3 is 1. The summed E-state index contributed by atoms with van der Waals surface area (Å²) in [7, 11) is 1.33. The van der Waals surface area contributed by atoms with Crippen molar-refractivity contribution in [1.29, 1.82) is 0 Å². The zero-order valence-corrected chi connectivity index (χ0v) is 10.6. The van der Waals surface area contributed by atoms with Crippen LogP contribution in [-0.2, 0) is 4.74 Å². The van der Waals surface area contributed by atoms with Gasteiger partial charge in [-0.05, 0) is 24.8 Å². The van der Waals surface area contributed by atoms with Gasteiger partial charge in [-0.25, -0.2) is 4.79 Å². The minimum Gasteiger partial charge on any atom is -0.465 e. The van der Waals surface area contributed by atoms with Gasteiger partial charge in [0.15, 0.2) is 0 Å². The number of carbonyl (C=O) groups is 1. The van der Waals surface area contributed by atoms with E-state index in [4.69, 9.17) is 0 Å².